The third-order valence-corrected chi connectivity index (χ3v) is 3.42. The van der Waals surface area contributed by atoms with Crippen molar-refractivity contribution < 1.29 is 0 Å². The SMILES string of the molecule is CCCNCCC(C)N(CC)Cc1ccccc1. The van der Waals surface area contributed by atoms with Gasteiger partial charge < -0.3 is 5.32 Å². The highest BCUT2D eigenvalue weighted by Crippen LogP contribution is 2.09. The second-order valence-electron chi connectivity index (χ2n) is 4.94. The molecule has 1 aromatic rings. The fourth-order valence-electron chi connectivity index (χ4n) is 2.19. The van der Waals surface area contributed by atoms with E-state index in [1.807, 2.05) is 0 Å². The molecule has 0 amide bonds. The van der Waals surface area contributed by atoms with Crippen molar-refractivity contribution >= 4 is 0 Å². The van der Waals surface area contributed by atoms with Crippen molar-refractivity contribution in [2.24, 2.45) is 0 Å². The molecule has 0 spiro atoms. The van der Waals surface area contributed by atoms with Crippen molar-refractivity contribution in [1.29, 1.82) is 0 Å². The standard InChI is InChI=1S/C16H28N2/c1-4-12-17-13-11-15(3)18(5-2)14-16-9-7-6-8-10-16/h6-10,15,17H,4-5,11-14H2,1-3H3. The molecule has 0 heterocycles. The van der Waals surface area contributed by atoms with Crippen molar-refractivity contribution in [3.63, 3.8) is 0 Å². The van der Waals surface area contributed by atoms with Crippen LogP contribution in [0.5, 0.6) is 0 Å². The number of hydrogen-bond donors (Lipinski definition) is 1. The summed E-state index contributed by atoms with van der Waals surface area (Å²) in [6, 6.07) is 11.4. The van der Waals surface area contributed by atoms with Gasteiger partial charge >= 0.3 is 0 Å². The normalized spacial score (nSPS) is 12.9. The summed E-state index contributed by atoms with van der Waals surface area (Å²) >= 11 is 0. The zero-order valence-corrected chi connectivity index (χ0v) is 12.2. The summed E-state index contributed by atoms with van der Waals surface area (Å²) in [6.07, 6.45) is 2.44. The number of hydrogen-bond acceptors (Lipinski definition) is 2. The van der Waals surface area contributed by atoms with E-state index in [0.29, 0.717) is 6.04 Å². The summed E-state index contributed by atoms with van der Waals surface area (Å²) < 4.78 is 0. The van der Waals surface area contributed by atoms with Crippen LogP contribution in [0.15, 0.2) is 30.3 Å². The molecule has 0 bridgehead atoms. The molecule has 1 unspecified atom stereocenters. The first-order chi connectivity index (χ1) is 8.77. The third kappa shape index (κ3) is 5.65. The molecule has 18 heavy (non-hydrogen) atoms. The van der Waals surface area contributed by atoms with Crippen LogP contribution in [-0.2, 0) is 6.54 Å². The van der Waals surface area contributed by atoms with Crippen molar-refractivity contribution in [1.82, 2.24) is 10.2 Å². The van der Waals surface area contributed by atoms with Gasteiger partial charge in [-0.2, -0.15) is 0 Å². The van der Waals surface area contributed by atoms with Crippen LogP contribution in [0.4, 0.5) is 0 Å². The fourth-order valence-corrected chi connectivity index (χ4v) is 2.19. The van der Waals surface area contributed by atoms with Crippen LogP contribution < -0.4 is 5.32 Å². The van der Waals surface area contributed by atoms with E-state index >= 15 is 0 Å². The van der Waals surface area contributed by atoms with Crippen molar-refractivity contribution in [3.8, 4) is 0 Å². The molecule has 1 atom stereocenters. The van der Waals surface area contributed by atoms with Crippen LogP contribution in [0.2, 0.25) is 0 Å². The highest BCUT2D eigenvalue weighted by atomic mass is 15.1. The minimum absolute atomic E-state index is 0.638. The van der Waals surface area contributed by atoms with Crippen molar-refractivity contribution in [3.05, 3.63) is 35.9 Å². The van der Waals surface area contributed by atoms with Gasteiger partial charge in [0, 0.05) is 12.6 Å². The number of rotatable bonds is 9. The zero-order valence-electron chi connectivity index (χ0n) is 12.2. The van der Waals surface area contributed by atoms with E-state index in [0.717, 1.165) is 26.2 Å². The molecule has 0 aromatic heterocycles. The van der Waals surface area contributed by atoms with Crippen LogP contribution >= 0.6 is 0 Å². The highest BCUT2D eigenvalue weighted by Gasteiger charge is 2.11. The fraction of sp³-hybridized carbons (Fsp3) is 0.625. The average Bonchev–Trinajstić information content (AvgIpc) is 2.42. The molecule has 1 rings (SSSR count). The Morgan fingerprint density at radius 2 is 1.83 bits per heavy atom. The molecule has 0 aliphatic heterocycles. The number of nitrogens with one attached hydrogen (secondary N) is 1. The van der Waals surface area contributed by atoms with E-state index in [9.17, 15) is 0 Å². The molecule has 102 valence electrons. The van der Waals surface area contributed by atoms with Crippen molar-refractivity contribution in [2.75, 3.05) is 19.6 Å². The van der Waals surface area contributed by atoms with Gasteiger partial charge in [-0.3, -0.25) is 4.90 Å². The molecule has 1 aromatic carbocycles. The molecular weight excluding hydrogens is 220 g/mol. The number of benzene rings is 1. The van der Waals surface area contributed by atoms with Crippen LogP contribution in [0, 0.1) is 0 Å². The van der Waals surface area contributed by atoms with Crippen LogP contribution in [-0.4, -0.2) is 30.6 Å². The van der Waals surface area contributed by atoms with E-state index in [4.69, 9.17) is 0 Å². The molecule has 0 aliphatic rings. The van der Waals surface area contributed by atoms with Crippen LogP contribution in [0.25, 0.3) is 0 Å². The summed E-state index contributed by atoms with van der Waals surface area (Å²) in [7, 11) is 0. The van der Waals surface area contributed by atoms with Gasteiger partial charge in [0.1, 0.15) is 0 Å². The lowest BCUT2D eigenvalue weighted by atomic mass is 10.1. The molecule has 2 nitrogen and oxygen atoms in total. The van der Waals surface area contributed by atoms with Gasteiger partial charge in [-0.15, -0.1) is 0 Å². The Morgan fingerprint density at radius 3 is 2.44 bits per heavy atom. The molecule has 1 N–H and O–H groups in total. The summed E-state index contributed by atoms with van der Waals surface area (Å²) in [6.45, 7) is 11.2. The maximum absolute atomic E-state index is 3.48. The summed E-state index contributed by atoms with van der Waals surface area (Å²) in [5.41, 5.74) is 1.41. The van der Waals surface area contributed by atoms with Gasteiger partial charge in [-0.25, -0.2) is 0 Å². The molecule has 2 heteroatoms. The predicted molar refractivity (Wildman–Crippen MR) is 79.8 cm³/mol. The lowest BCUT2D eigenvalue weighted by Crippen LogP contribution is -2.35. The lowest BCUT2D eigenvalue weighted by molar-refractivity contribution is 0.200. The average molecular weight is 248 g/mol. The van der Waals surface area contributed by atoms with E-state index in [1.54, 1.807) is 0 Å². The van der Waals surface area contributed by atoms with Gasteiger partial charge in [0.2, 0.25) is 0 Å². The monoisotopic (exact) mass is 248 g/mol. The van der Waals surface area contributed by atoms with Gasteiger partial charge in [-0.05, 0) is 45.0 Å². The Bertz CT molecular complexity index is 297. The zero-order chi connectivity index (χ0) is 13.2. The van der Waals surface area contributed by atoms with E-state index in [-0.39, 0.29) is 0 Å². The van der Waals surface area contributed by atoms with Gasteiger partial charge in [0.15, 0.2) is 0 Å². The first-order valence-corrected chi connectivity index (χ1v) is 7.26. The number of nitrogens with zero attached hydrogens (tertiary/aromatic N) is 1. The largest absolute Gasteiger partial charge is 0.317 e. The molecule has 0 saturated heterocycles. The Morgan fingerprint density at radius 1 is 1.11 bits per heavy atom. The van der Waals surface area contributed by atoms with Crippen molar-refractivity contribution in [2.45, 2.75) is 46.2 Å². The minimum Gasteiger partial charge on any atom is -0.317 e. The summed E-state index contributed by atoms with van der Waals surface area (Å²) in [5.74, 6) is 0. The highest BCUT2D eigenvalue weighted by molar-refractivity contribution is 5.14. The topological polar surface area (TPSA) is 15.3 Å². The minimum atomic E-state index is 0.638. The summed E-state index contributed by atoms with van der Waals surface area (Å²) in [4.78, 5) is 2.54. The maximum Gasteiger partial charge on any atom is 0.0236 e. The van der Waals surface area contributed by atoms with Crippen LogP contribution in [0.1, 0.15) is 39.2 Å². The van der Waals surface area contributed by atoms with Gasteiger partial charge in [0.05, 0.1) is 0 Å². The van der Waals surface area contributed by atoms with Crippen LogP contribution in [0.3, 0.4) is 0 Å². The first kappa shape index (κ1) is 15.2. The Balaban J connectivity index is 2.35. The maximum atomic E-state index is 3.48. The smallest absolute Gasteiger partial charge is 0.0236 e. The van der Waals surface area contributed by atoms with Gasteiger partial charge in [0.25, 0.3) is 0 Å². The molecule has 0 fully saturated rings. The molecule has 0 saturated carbocycles. The molecule has 0 radical (unpaired) electrons. The van der Waals surface area contributed by atoms with E-state index in [1.165, 1.54) is 18.4 Å². The third-order valence-electron chi connectivity index (χ3n) is 3.42. The Kier molecular flexibility index (Phi) is 7.70. The first-order valence-electron chi connectivity index (χ1n) is 7.26. The quantitative estimate of drug-likeness (QED) is 0.675. The Labute approximate surface area is 112 Å². The van der Waals surface area contributed by atoms with E-state index < -0.39 is 0 Å². The lowest BCUT2D eigenvalue weighted by Gasteiger charge is -2.28. The molecule has 0 aliphatic carbocycles. The summed E-state index contributed by atoms with van der Waals surface area (Å²) in [5, 5.41) is 3.48. The van der Waals surface area contributed by atoms with Gasteiger partial charge in [-0.1, -0.05) is 44.2 Å². The molecular formula is C16H28N2. The second-order valence-corrected chi connectivity index (χ2v) is 4.94. The Hall–Kier alpha value is -0.860. The predicted octanol–water partition coefficient (Wildman–Crippen LogP) is 3.29. The van der Waals surface area contributed by atoms with E-state index in [2.05, 4.69) is 61.3 Å². The second kappa shape index (κ2) is 9.12.